The van der Waals surface area contributed by atoms with Crippen molar-refractivity contribution >= 4 is 0 Å². The number of alkyl halides is 2. The normalized spacial score (nSPS) is 16.5. The van der Waals surface area contributed by atoms with E-state index in [1.807, 2.05) is 9.80 Å². The van der Waals surface area contributed by atoms with Gasteiger partial charge in [0.25, 0.3) is 0 Å². The van der Waals surface area contributed by atoms with Crippen LogP contribution in [0, 0.1) is 35.1 Å². The summed E-state index contributed by atoms with van der Waals surface area (Å²) in [6.07, 6.45) is 0. The third kappa shape index (κ3) is 8.19. The SMILES string of the molecule is COc1c(F)cc(OCCN2CC(CF)C2)cc1F.FCC1CN(CCOc2cc(F)cc(F)c2)C1. The number of methoxy groups -OCH3 is 1. The van der Waals surface area contributed by atoms with Crippen molar-refractivity contribution in [1.29, 1.82) is 0 Å². The maximum absolute atomic E-state index is 13.4. The maximum atomic E-state index is 13.4. The van der Waals surface area contributed by atoms with E-state index >= 15 is 0 Å². The van der Waals surface area contributed by atoms with Crippen LogP contribution in [0.4, 0.5) is 26.3 Å². The Morgan fingerprint density at radius 1 is 0.694 bits per heavy atom. The highest BCUT2D eigenvalue weighted by Crippen LogP contribution is 2.26. The minimum atomic E-state index is -0.793. The highest BCUT2D eigenvalue weighted by molar-refractivity contribution is 5.34. The van der Waals surface area contributed by atoms with Gasteiger partial charge in [0, 0.05) is 81.4 Å². The van der Waals surface area contributed by atoms with Crippen LogP contribution in [0.1, 0.15) is 0 Å². The van der Waals surface area contributed by atoms with Crippen molar-refractivity contribution in [3.63, 3.8) is 0 Å². The summed E-state index contributed by atoms with van der Waals surface area (Å²) in [7, 11) is 1.20. The second kappa shape index (κ2) is 13.6. The fraction of sp³-hybridized carbons (Fsp3) is 0.520. The molecule has 0 radical (unpaired) electrons. The van der Waals surface area contributed by atoms with Crippen LogP contribution in [0.25, 0.3) is 0 Å². The van der Waals surface area contributed by atoms with Gasteiger partial charge in [-0.1, -0.05) is 0 Å². The minimum absolute atomic E-state index is 0.121. The predicted molar refractivity (Wildman–Crippen MR) is 122 cm³/mol. The Labute approximate surface area is 206 Å². The average Bonchev–Trinajstić information content (AvgIpc) is 2.76. The van der Waals surface area contributed by atoms with Crippen LogP contribution in [0.2, 0.25) is 0 Å². The molecule has 2 aliphatic heterocycles. The van der Waals surface area contributed by atoms with Crippen LogP contribution < -0.4 is 14.2 Å². The second-order valence-corrected chi connectivity index (χ2v) is 8.78. The van der Waals surface area contributed by atoms with Crippen LogP contribution in [0.15, 0.2) is 30.3 Å². The van der Waals surface area contributed by atoms with Crippen molar-refractivity contribution in [2.75, 3.05) is 72.9 Å². The predicted octanol–water partition coefficient (Wildman–Crippen LogP) is 4.50. The highest BCUT2D eigenvalue weighted by atomic mass is 19.2. The summed E-state index contributed by atoms with van der Waals surface area (Å²) in [6, 6.07) is 5.26. The topological polar surface area (TPSA) is 34.2 Å². The van der Waals surface area contributed by atoms with Gasteiger partial charge in [-0.3, -0.25) is 18.6 Å². The van der Waals surface area contributed by atoms with Crippen LogP contribution in [0.5, 0.6) is 17.2 Å². The van der Waals surface area contributed by atoms with Gasteiger partial charge < -0.3 is 14.2 Å². The smallest absolute Gasteiger partial charge is 0.190 e. The van der Waals surface area contributed by atoms with Gasteiger partial charge in [0.2, 0.25) is 0 Å². The van der Waals surface area contributed by atoms with Gasteiger partial charge >= 0.3 is 0 Å². The van der Waals surface area contributed by atoms with Crippen LogP contribution in [0.3, 0.4) is 0 Å². The van der Waals surface area contributed by atoms with Crippen LogP contribution >= 0.6 is 0 Å². The Morgan fingerprint density at radius 2 is 1.11 bits per heavy atom. The Balaban J connectivity index is 0.000000202. The van der Waals surface area contributed by atoms with Gasteiger partial charge in [-0.15, -0.1) is 0 Å². The molecule has 2 aromatic rings. The van der Waals surface area contributed by atoms with E-state index in [2.05, 4.69) is 4.74 Å². The van der Waals surface area contributed by atoms with Gasteiger partial charge in [0.15, 0.2) is 17.4 Å². The van der Waals surface area contributed by atoms with Crippen LogP contribution in [-0.2, 0) is 0 Å². The van der Waals surface area contributed by atoms with Gasteiger partial charge in [-0.25, -0.2) is 17.6 Å². The summed E-state index contributed by atoms with van der Waals surface area (Å²) in [6.45, 7) is 4.23. The molecule has 5 nitrogen and oxygen atoms in total. The lowest BCUT2D eigenvalue weighted by molar-refractivity contribution is 0.0667. The van der Waals surface area contributed by atoms with Gasteiger partial charge in [0.1, 0.15) is 36.3 Å². The molecule has 0 amide bonds. The lowest BCUT2D eigenvalue weighted by Crippen LogP contribution is -2.49. The highest BCUT2D eigenvalue weighted by Gasteiger charge is 2.26. The number of hydrogen-bond acceptors (Lipinski definition) is 5. The third-order valence-electron chi connectivity index (χ3n) is 5.87. The first-order valence-corrected chi connectivity index (χ1v) is 11.6. The first-order chi connectivity index (χ1) is 17.3. The zero-order valence-corrected chi connectivity index (χ0v) is 20.0. The molecule has 0 aromatic heterocycles. The van der Waals surface area contributed by atoms with E-state index in [-0.39, 0.29) is 36.7 Å². The molecule has 2 saturated heterocycles. The second-order valence-electron chi connectivity index (χ2n) is 8.78. The van der Waals surface area contributed by atoms with E-state index in [1.54, 1.807) is 0 Å². The van der Waals surface area contributed by atoms with E-state index in [0.717, 1.165) is 43.4 Å². The first-order valence-electron chi connectivity index (χ1n) is 11.6. The maximum Gasteiger partial charge on any atom is 0.190 e. The number of nitrogens with zero attached hydrogens (tertiary/aromatic N) is 2. The summed E-state index contributed by atoms with van der Waals surface area (Å²) in [5.41, 5.74) is 0. The molecule has 2 fully saturated rings. The zero-order valence-electron chi connectivity index (χ0n) is 20.0. The lowest BCUT2D eigenvalue weighted by Gasteiger charge is -2.37. The number of halogens is 6. The molecule has 0 unspecified atom stereocenters. The van der Waals surface area contributed by atoms with Crippen molar-refractivity contribution in [2.45, 2.75) is 0 Å². The standard InChI is InChI=1S/C13H16F3NO2.C12H14F3NO/c1-18-13-11(15)4-10(5-12(13)16)19-3-2-17-7-9(6-14)8-17;13-6-9-7-16(8-9)1-2-17-12-4-10(14)3-11(15)5-12/h4-5,9H,2-3,6-8H2,1H3;3-5,9H,1-2,6-8H2. The number of hydrogen-bond donors (Lipinski definition) is 0. The van der Waals surface area contributed by atoms with E-state index in [9.17, 15) is 26.3 Å². The van der Waals surface area contributed by atoms with E-state index in [1.165, 1.54) is 7.11 Å². The van der Waals surface area contributed by atoms with Gasteiger partial charge in [0.05, 0.1) is 20.5 Å². The van der Waals surface area contributed by atoms with Crippen molar-refractivity contribution < 1.29 is 40.6 Å². The number of benzene rings is 2. The van der Waals surface area contributed by atoms with E-state index in [0.29, 0.717) is 39.4 Å². The quantitative estimate of drug-likeness (QED) is 0.408. The van der Waals surface area contributed by atoms with Crippen LogP contribution in [-0.4, -0.2) is 82.7 Å². The molecule has 36 heavy (non-hydrogen) atoms. The molecule has 0 atom stereocenters. The average molecular weight is 521 g/mol. The molecule has 0 spiro atoms. The van der Waals surface area contributed by atoms with Gasteiger partial charge in [-0.05, 0) is 0 Å². The largest absolute Gasteiger partial charge is 0.492 e. The molecule has 2 aromatic carbocycles. The zero-order chi connectivity index (χ0) is 26.1. The molecule has 11 heteroatoms. The summed E-state index contributed by atoms with van der Waals surface area (Å²) in [5.74, 6) is -2.73. The minimum Gasteiger partial charge on any atom is -0.492 e. The summed E-state index contributed by atoms with van der Waals surface area (Å²) >= 11 is 0. The Bertz CT molecular complexity index is 928. The molecule has 200 valence electrons. The van der Waals surface area contributed by atoms with Crippen molar-refractivity contribution in [2.24, 2.45) is 11.8 Å². The molecule has 0 bridgehead atoms. The number of likely N-dealkylation sites (tertiary alicyclic amines) is 2. The third-order valence-corrected chi connectivity index (χ3v) is 5.87. The molecular formula is C25H30F6N2O3. The molecule has 0 saturated carbocycles. The van der Waals surface area contributed by atoms with E-state index < -0.39 is 29.0 Å². The summed E-state index contributed by atoms with van der Waals surface area (Å²) in [4.78, 5) is 4.07. The summed E-state index contributed by atoms with van der Waals surface area (Å²) in [5, 5.41) is 0. The molecule has 2 aliphatic rings. The first kappa shape index (κ1) is 27.9. The Hall–Kier alpha value is -2.66. The Morgan fingerprint density at radius 3 is 1.50 bits per heavy atom. The molecule has 2 heterocycles. The number of ether oxygens (including phenoxy) is 3. The molecule has 4 rings (SSSR count). The monoisotopic (exact) mass is 520 g/mol. The molecule has 0 aliphatic carbocycles. The molecule has 0 N–H and O–H groups in total. The number of rotatable bonds is 11. The van der Waals surface area contributed by atoms with Crippen molar-refractivity contribution in [1.82, 2.24) is 9.80 Å². The fourth-order valence-electron chi connectivity index (χ4n) is 3.93. The van der Waals surface area contributed by atoms with Gasteiger partial charge in [-0.2, -0.15) is 0 Å². The van der Waals surface area contributed by atoms with Crippen molar-refractivity contribution in [3.05, 3.63) is 53.6 Å². The summed E-state index contributed by atoms with van der Waals surface area (Å²) < 4.78 is 91.8. The Kier molecular flexibility index (Phi) is 10.5. The van der Waals surface area contributed by atoms with E-state index in [4.69, 9.17) is 9.47 Å². The van der Waals surface area contributed by atoms with Crippen molar-refractivity contribution in [3.8, 4) is 17.2 Å². The lowest BCUT2D eigenvalue weighted by atomic mass is 10.0. The fourth-order valence-corrected chi connectivity index (χ4v) is 3.93. The molecular weight excluding hydrogens is 490 g/mol.